The summed E-state index contributed by atoms with van der Waals surface area (Å²) >= 11 is 0. The lowest BCUT2D eigenvalue weighted by molar-refractivity contribution is 0.100. The Bertz CT molecular complexity index is 748. The predicted octanol–water partition coefficient (Wildman–Crippen LogP) is 1.92. The van der Waals surface area contributed by atoms with E-state index in [0.29, 0.717) is 11.8 Å². The number of primary amides is 1. The van der Waals surface area contributed by atoms with Gasteiger partial charge < -0.3 is 22.1 Å². The largest absolute Gasteiger partial charge is 0.365 e. The van der Waals surface area contributed by atoms with Crippen molar-refractivity contribution >= 4 is 23.4 Å². The van der Waals surface area contributed by atoms with Gasteiger partial charge in [0.15, 0.2) is 0 Å². The molecule has 6 N–H and O–H groups in total. The van der Waals surface area contributed by atoms with Crippen LogP contribution in [0.1, 0.15) is 35.2 Å². The molecular formula is C17H22N6O. The zero-order valence-electron chi connectivity index (χ0n) is 13.6. The van der Waals surface area contributed by atoms with Crippen molar-refractivity contribution in [1.82, 2.24) is 9.97 Å². The summed E-state index contributed by atoms with van der Waals surface area (Å²) in [5, 5.41) is 6.43. The quantitative estimate of drug-likeness (QED) is 0.666. The van der Waals surface area contributed by atoms with E-state index in [1.165, 1.54) is 6.20 Å². The number of rotatable bonds is 5. The number of hydrogen-bond acceptors (Lipinski definition) is 6. The van der Waals surface area contributed by atoms with E-state index in [-0.39, 0.29) is 17.6 Å². The molecule has 0 saturated heterocycles. The molecule has 1 aromatic heterocycles. The minimum Gasteiger partial charge on any atom is -0.365 e. The van der Waals surface area contributed by atoms with Crippen LogP contribution in [-0.4, -0.2) is 28.0 Å². The Morgan fingerprint density at radius 2 is 2.17 bits per heavy atom. The van der Waals surface area contributed by atoms with Crippen LogP contribution >= 0.6 is 0 Å². The van der Waals surface area contributed by atoms with Gasteiger partial charge in [-0.2, -0.15) is 4.98 Å². The second-order valence-corrected chi connectivity index (χ2v) is 6.23. The van der Waals surface area contributed by atoms with Crippen molar-refractivity contribution in [3.8, 4) is 0 Å². The second kappa shape index (κ2) is 6.84. The number of carbonyl (C=O) groups is 1. The van der Waals surface area contributed by atoms with Crippen molar-refractivity contribution in [2.75, 3.05) is 10.6 Å². The standard InChI is InChI=1S/C17H22N6O/c1-10-3-2-4-12(7-10)21-16-14(15(19)24)9-20-17(23-16)22-13-6-5-11(18)8-13/h2-4,7,9,11,13H,5-6,8,18H2,1H3,(H2,19,24)(H2,20,21,22,23). The van der Waals surface area contributed by atoms with Gasteiger partial charge in [0, 0.05) is 24.0 Å². The Balaban J connectivity index is 1.84. The smallest absolute Gasteiger partial charge is 0.254 e. The molecule has 2 aromatic rings. The summed E-state index contributed by atoms with van der Waals surface area (Å²) < 4.78 is 0. The highest BCUT2D eigenvalue weighted by atomic mass is 16.1. The van der Waals surface area contributed by atoms with Crippen molar-refractivity contribution < 1.29 is 4.79 Å². The summed E-state index contributed by atoms with van der Waals surface area (Å²) in [6.07, 6.45) is 4.32. The fourth-order valence-corrected chi connectivity index (χ4v) is 2.92. The molecule has 24 heavy (non-hydrogen) atoms. The monoisotopic (exact) mass is 326 g/mol. The number of aromatic nitrogens is 2. The third-order valence-corrected chi connectivity index (χ3v) is 4.14. The van der Waals surface area contributed by atoms with E-state index in [1.807, 2.05) is 31.2 Å². The van der Waals surface area contributed by atoms with Gasteiger partial charge >= 0.3 is 0 Å². The molecule has 126 valence electrons. The van der Waals surface area contributed by atoms with E-state index in [0.717, 1.165) is 30.5 Å². The second-order valence-electron chi connectivity index (χ2n) is 6.23. The molecule has 1 amide bonds. The normalized spacial score (nSPS) is 19.9. The molecule has 0 bridgehead atoms. The van der Waals surface area contributed by atoms with E-state index >= 15 is 0 Å². The number of nitrogens with zero attached hydrogens (tertiary/aromatic N) is 2. The zero-order chi connectivity index (χ0) is 17.1. The lowest BCUT2D eigenvalue weighted by atomic mass is 10.2. The molecule has 7 nitrogen and oxygen atoms in total. The van der Waals surface area contributed by atoms with Crippen molar-refractivity contribution in [2.45, 2.75) is 38.3 Å². The molecule has 0 radical (unpaired) electrons. The van der Waals surface area contributed by atoms with E-state index < -0.39 is 5.91 Å². The number of carbonyl (C=O) groups excluding carboxylic acids is 1. The highest BCUT2D eigenvalue weighted by molar-refractivity contribution is 5.98. The summed E-state index contributed by atoms with van der Waals surface area (Å²) in [7, 11) is 0. The average molecular weight is 326 g/mol. The molecular weight excluding hydrogens is 304 g/mol. The molecule has 3 rings (SSSR count). The predicted molar refractivity (Wildman–Crippen MR) is 94.2 cm³/mol. The van der Waals surface area contributed by atoms with Gasteiger partial charge in [0.05, 0.1) is 0 Å². The lowest BCUT2D eigenvalue weighted by Gasteiger charge is -2.15. The van der Waals surface area contributed by atoms with Gasteiger partial charge in [-0.3, -0.25) is 4.79 Å². The minimum absolute atomic E-state index is 0.220. The van der Waals surface area contributed by atoms with Crippen LogP contribution in [0, 0.1) is 6.92 Å². The van der Waals surface area contributed by atoms with E-state index in [1.54, 1.807) is 0 Å². The van der Waals surface area contributed by atoms with Gasteiger partial charge in [-0.1, -0.05) is 12.1 Å². The van der Waals surface area contributed by atoms with Crippen LogP contribution < -0.4 is 22.1 Å². The first-order chi connectivity index (χ1) is 11.5. The number of anilines is 3. The summed E-state index contributed by atoms with van der Waals surface area (Å²) in [6.45, 7) is 2.00. The van der Waals surface area contributed by atoms with Crippen LogP contribution in [0.4, 0.5) is 17.5 Å². The zero-order valence-corrected chi connectivity index (χ0v) is 13.6. The maximum absolute atomic E-state index is 11.6. The molecule has 1 aliphatic rings. The maximum Gasteiger partial charge on any atom is 0.254 e. The van der Waals surface area contributed by atoms with Gasteiger partial charge in [-0.15, -0.1) is 0 Å². The van der Waals surface area contributed by atoms with Gasteiger partial charge in [0.25, 0.3) is 5.91 Å². The molecule has 1 fully saturated rings. The first kappa shape index (κ1) is 16.2. The molecule has 2 atom stereocenters. The molecule has 0 aliphatic heterocycles. The third-order valence-electron chi connectivity index (χ3n) is 4.14. The number of amides is 1. The highest BCUT2D eigenvalue weighted by Crippen LogP contribution is 2.23. The maximum atomic E-state index is 11.6. The Labute approximate surface area is 140 Å². The SMILES string of the molecule is Cc1cccc(Nc2nc(NC3CCC(N)C3)ncc2C(N)=O)c1. The molecule has 1 aromatic carbocycles. The van der Waals surface area contributed by atoms with Crippen LogP contribution in [0.5, 0.6) is 0 Å². The molecule has 7 heteroatoms. The van der Waals surface area contributed by atoms with E-state index in [9.17, 15) is 4.79 Å². The van der Waals surface area contributed by atoms with Crippen LogP contribution in [0.3, 0.4) is 0 Å². The number of nitrogens with two attached hydrogens (primary N) is 2. The van der Waals surface area contributed by atoms with E-state index in [4.69, 9.17) is 11.5 Å². The van der Waals surface area contributed by atoms with Crippen LogP contribution in [0.25, 0.3) is 0 Å². The fraction of sp³-hybridized carbons (Fsp3) is 0.353. The van der Waals surface area contributed by atoms with Crippen molar-refractivity contribution in [3.63, 3.8) is 0 Å². The van der Waals surface area contributed by atoms with Crippen molar-refractivity contribution in [3.05, 3.63) is 41.6 Å². The molecule has 1 heterocycles. The topological polar surface area (TPSA) is 119 Å². The number of benzene rings is 1. The van der Waals surface area contributed by atoms with Gasteiger partial charge in [-0.05, 0) is 43.9 Å². The van der Waals surface area contributed by atoms with Crippen LogP contribution in [0.15, 0.2) is 30.5 Å². The number of hydrogen-bond donors (Lipinski definition) is 4. The van der Waals surface area contributed by atoms with Gasteiger partial charge in [0.1, 0.15) is 11.4 Å². The molecule has 2 unspecified atom stereocenters. The highest BCUT2D eigenvalue weighted by Gasteiger charge is 2.22. The van der Waals surface area contributed by atoms with Crippen molar-refractivity contribution in [1.29, 1.82) is 0 Å². The van der Waals surface area contributed by atoms with Crippen LogP contribution in [-0.2, 0) is 0 Å². The fourth-order valence-electron chi connectivity index (χ4n) is 2.92. The first-order valence-electron chi connectivity index (χ1n) is 8.04. The molecule has 1 saturated carbocycles. The molecule has 1 aliphatic carbocycles. The number of aryl methyl sites for hydroxylation is 1. The summed E-state index contributed by atoms with van der Waals surface area (Å²) in [4.78, 5) is 20.3. The van der Waals surface area contributed by atoms with E-state index in [2.05, 4.69) is 20.6 Å². The van der Waals surface area contributed by atoms with Gasteiger partial charge in [0.2, 0.25) is 5.95 Å². The summed E-state index contributed by atoms with van der Waals surface area (Å²) in [6, 6.07) is 8.28. The number of nitrogens with one attached hydrogen (secondary N) is 2. The van der Waals surface area contributed by atoms with Crippen molar-refractivity contribution in [2.24, 2.45) is 11.5 Å². The Morgan fingerprint density at radius 3 is 2.83 bits per heavy atom. The third kappa shape index (κ3) is 3.80. The van der Waals surface area contributed by atoms with Gasteiger partial charge in [-0.25, -0.2) is 4.98 Å². The Kier molecular flexibility index (Phi) is 4.61. The Morgan fingerprint density at radius 1 is 1.33 bits per heavy atom. The van der Waals surface area contributed by atoms with Crippen LogP contribution in [0.2, 0.25) is 0 Å². The minimum atomic E-state index is -0.570. The Hall–Kier alpha value is -2.67. The molecule has 0 spiro atoms. The average Bonchev–Trinajstić information content (AvgIpc) is 2.92. The lowest BCUT2D eigenvalue weighted by Crippen LogP contribution is -2.22. The first-order valence-corrected chi connectivity index (χ1v) is 8.04. The summed E-state index contributed by atoms with van der Waals surface area (Å²) in [5.41, 5.74) is 13.6. The summed E-state index contributed by atoms with van der Waals surface area (Å²) in [5.74, 6) is 0.293.